The molecule has 0 amide bonds. The minimum Gasteiger partial charge on any atom is -0.219 e. The molecular formula is C15H12O2S2. The highest BCUT2D eigenvalue weighted by molar-refractivity contribution is 8.02. The van der Waals surface area contributed by atoms with Gasteiger partial charge >= 0.3 is 0 Å². The van der Waals surface area contributed by atoms with Gasteiger partial charge in [0.05, 0.1) is 9.80 Å². The molecule has 1 heterocycles. The van der Waals surface area contributed by atoms with Crippen LogP contribution >= 0.6 is 11.8 Å². The molecule has 0 N–H and O–H groups in total. The maximum Gasteiger partial charge on any atom is 0.203 e. The van der Waals surface area contributed by atoms with Gasteiger partial charge in [-0.25, -0.2) is 8.42 Å². The van der Waals surface area contributed by atoms with Crippen molar-refractivity contribution >= 4 is 27.7 Å². The van der Waals surface area contributed by atoms with Crippen LogP contribution in [0.25, 0.3) is 6.08 Å². The molecule has 0 atom stereocenters. The molecule has 1 aliphatic rings. The van der Waals surface area contributed by atoms with Crippen LogP contribution in [0.2, 0.25) is 0 Å². The first-order chi connectivity index (χ1) is 9.18. The SMILES string of the molecule is O=S(=O)(C1=Cc2ccccc2SC1)c1ccccc1. The van der Waals surface area contributed by atoms with Gasteiger partial charge in [-0.3, -0.25) is 0 Å². The minimum atomic E-state index is -3.36. The maximum absolute atomic E-state index is 12.5. The van der Waals surface area contributed by atoms with Gasteiger partial charge < -0.3 is 0 Å². The largest absolute Gasteiger partial charge is 0.219 e. The predicted octanol–water partition coefficient (Wildman–Crippen LogP) is 3.61. The lowest BCUT2D eigenvalue weighted by molar-refractivity contribution is 0.602. The van der Waals surface area contributed by atoms with Crippen molar-refractivity contribution in [2.75, 3.05) is 5.75 Å². The van der Waals surface area contributed by atoms with E-state index >= 15 is 0 Å². The molecule has 1 aliphatic heterocycles. The van der Waals surface area contributed by atoms with Crippen LogP contribution in [0, 0.1) is 0 Å². The Hall–Kier alpha value is -1.52. The predicted molar refractivity (Wildman–Crippen MR) is 78.8 cm³/mol. The molecule has 3 rings (SSSR count). The summed E-state index contributed by atoms with van der Waals surface area (Å²) in [4.78, 5) is 1.97. The number of benzene rings is 2. The summed E-state index contributed by atoms with van der Waals surface area (Å²) < 4.78 is 25.0. The summed E-state index contributed by atoms with van der Waals surface area (Å²) in [6.45, 7) is 0. The summed E-state index contributed by atoms with van der Waals surface area (Å²) in [6, 6.07) is 16.4. The number of rotatable bonds is 2. The molecule has 0 aliphatic carbocycles. The quantitative estimate of drug-likeness (QED) is 0.846. The molecule has 0 unspecified atom stereocenters. The Morgan fingerprint density at radius 3 is 2.37 bits per heavy atom. The molecule has 2 aromatic carbocycles. The third-order valence-electron chi connectivity index (χ3n) is 3.00. The van der Waals surface area contributed by atoms with E-state index in [2.05, 4.69) is 0 Å². The Kier molecular flexibility index (Phi) is 3.21. The monoisotopic (exact) mass is 288 g/mol. The van der Waals surface area contributed by atoms with Crippen LogP contribution in [-0.2, 0) is 9.84 Å². The van der Waals surface area contributed by atoms with Crippen LogP contribution in [0.4, 0.5) is 0 Å². The first-order valence-corrected chi connectivity index (χ1v) is 8.37. The summed E-state index contributed by atoms with van der Waals surface area (Å²) in [6.07, 6.45) is 1.79. The van der Waals surface area contributed by atoms with E-state index in [4.69, 9.17) is 0 Å². The molecule has 0 saturated carbocycles. The van der Waals surface area contributed by atoms with Gasteiger partial charge in [-0.2, -0.15) is 0 Å². The normalized spacial score (nSPS) is 14.6. The summed E-state index contributed by atoms with van der Waals surface area (Å²) >= 11 is 1.57. The van der Waals surface area contributed by atoms with Gasteiger partial charge in [-0.05, 0) is 29.8 Å². The fourth-order valence-electron chi connectivity index (χ4n) is 2.00. The van der Waals surface area contributed by atoms with Crippen LogP contribution in [0.15, 0.2) is 69.3 Å². The lowest BCUT2D eigenvalue weighted by atomic mass is 10.2. The van der Waals surface area contributed by atoms with E-state index in [0.29, 0.717) is 15.6 Å². The first kappa shape index (κ1) is 12.5. The van der Waals surface area contributed by atoms with Crippen molar-refractivity contribution in [3.8, 4) is 0 Å². The molecule has 0 aromatic heterocycles. The van der Waals surface area contributed by atoms with Gasteiger partial charge in [0.25, 0.3) is 0 Å². The van der Waals surface area contributed by atoms with E-state index in [-0.39, 0.29) is 0 Å². The molecule has 0 bridgehead atoms. The topological polar surface area (TPSA) is 34.1 Å². The second kappa shape index (κ2) is 4.87. The zero-order chi connectivity index (χ0) is 13.3. The molecule has 19 heavy (non-hydrogen) atoms. The second-order valence-electron chi connectivity index (χ2n) is 4.25. The van der Waals surface area contributed by atoms with Crippen molar-refractivity contribution in [1.82, 2.24) is 0 Å². The molecule has 0 saturated heterocycles. The lowest BCUT2D eigenvalue weighted by Crippen LogP contribution is -2.09. The first-order valence-electron chi connectivity index (χ1n) is 5.90. The summed E-state index contributed by atoms with van der Waals surface area (Å²) in [5.41, 5.74) is 0.980. The molecule has 2 nitrogen and oxygen atoms in total. The van der Waals surface area contributed by atoms with E-state index in [1.54, 1.807) is 42.1 Å². The van der Waals surface area contributed by atoms with Gasteiger partial charge in [-0.1, -0.05) is 36.4 Å². The van der Waals surface area contributed by atoms with Gasteiger partial charge in [0, 0.05) is 10.6 Å². The zero-order valence-corrected chi connectivity index (χ0v) is 11.7. The van der Waals surface area contributed by atoms with Gasteiger partial charge in [0.1, 0.15) is 0 Å². The molecule has 0 spiro atoms. The van der Waals surface area contributed by atoms with Crippen molar-refractivity contribution in [3.63, 3.8) is 0 Å². The highest BCUT2D eigenvalue weighted by atomic mass is 32.2. The van der Waals surface area contributed by atoms with Crippen molar-refractivity contribution < 1.29 is 8.42 Å². The van der Waals surface area contributed by atoms with Crippen molar-refractivity contribution in [1.29, 1.82) is 0 Å². The van der Waals surface area contributed by atoms with E-state index in [1.807, 2.05) is 30.3 Å². The van der Waals surface area contributed by atoms with Crippen molar-refractivity contribution in [2.45, 2.75) is 9.79 Å². The Morgan fingerprint density at radius 1 is 0.895 bits per heavy atom. The average molecular weight is 288 g/mol. The molecule has 2 aromatic rings. The smallest absolute Gasteiger partial charge is 0.203 e. The molecule has 0 fully saturated rings. The van der Waals surface area contributed by atoms with E-state index in [9.17, 15) is 8.42 Å². The minimum absolute atomic E-state index is 0.362. The Bertz CT molecular complexity index is 732. The van der Waals surface area contributed by atoms with E-state index in [1.165, 1.54) is 0 Å². The van der Waals surface area contributed by atoms with Gasteiger partial charge in [-0.15, -0.1) is 11.8 Å². The van der Waals surface area contributed by atoms with Gasteiger partial charge in [0.15, 0.2) is 0 Å². The maximum atomic E-state index is 12.5. The second-order valence-corrected chi connectivity index (χ2v) is 7.27. The van der Waals surface area contributed by atoms with E-state index < -0.39 is 9.84 Å². The van der Waals surface area contributed by atoms with Crippen molar-refractivity contribution in [3.05, 3.63) is 65.1 Å². The van der Waals surface area contributed by atoms with Crippen LogP contribution in [0.3, 0.4) is 0 Å². The van der Waals surface area contributed by atoms with Crippen LogP contribution in [-0.4, -0.2) is 14.2 Å². The number of fused-ring (bicyclic) bond motifs is 1. The molecular weight excluding hydrogens is 276 g/mol. The summed E-state index contributed by atoms with van der Waals surface area (Å²) in [7, 11) is -3.36. The summed E-state index contributed by atoms with van der Waals surface area (Å²) in [5, 5.41) is 0. The zero-order valence-electron chi connectivity index (χ0n) is 10.1. The fraction of sp³-hybridized carbons (Fsp3) is 0.0667. The van der Waals surface area contributed by atoms with Crippen LogP contribution < -0.4 is 0 Å². The standard InChI is InChI=1S/C15H12O2S2/c16-19(17,13-7-2-1-3-8-13)14-10-12-6-4-5-9-15(12)18-11-14/h1-10H,11H2. The Balaban J connectivity index is 2.08. The lowest BCUT2D eigenvalue weighted by Gasteiger charge is -2.16. The van der Waals surface area contributed by atoms with Crippen LogP contribution in [0.5, 0.6) is 0 Å². The summed E-state index contributed by atoms with van der Waals surface area (Å²) in [5.74, 6) is 0.494. The Morgan fingerprint density at radius 2 is 1.58 bits per heavy atom. The molecule has 96 valence electrons. The van der Waals surface area contributed by atoms with E-state index in [0.717, 1.165) is 10.5 Å². The molecule has 4 heteroatoms. The van der Waals surface area contributed by atoms with Crippen LogP contribution in [0.1, 0.15) is 5.56 Å². The highest BCUT2D eigenvalue weighted by Gasteiger charge is 2.23. The number of hydrogen-bond donors (Lipinski definition) is 0. The third-order valence-corrected chi connectivity index (χ3v) is 6.17. The number of thioether (sulfide) groups is 1. The number of sulfone groups is 1. The third kappa shape index (κ3) is 2.33. The highest BCUT2D eigenvalue weighted by Crippen LogP contribution is 2.35. The average Bonchev–Trinajstić information content (AvgIpc) is 2.47. The van der Waals surface area contributed by atoms with Crippen molar-refractivity contribution in [2.24, 2.45) is 0 Å². The molecule has 0 radical (unpaired) electrons. The Labute approximate surface area is 117 Å². The number of hydrogen-bond acceptors (Lipinski definition) is 3. The van der Waals surface area contributed by atoms with Gasteiger partial charge in [0.2, 0.25) is 9.84 Å². The fourth-order valence-corrected chi connectivity index (χ4v) is 4.75.